The van der Waals surface area contributed by atoms with E-state index >= 15 is 0 Å². The quantitative estimate of drug-likeness (QED) is 0.739. The van der Waals surface area contributed by atoms with Gasteiger partial charge >= 0.3 is 0 Å². The maximum absolute atomic E-state index is 13.2. The fourth-order valence-corrected chi connectivity index (χ4v) is 1.70. The number of carbonyl (C=O) groups is 1. The fourth-order valence-electron chi connectivity index (χ4n) is 1.70. The molecule has 1 amide bonds. The van der Waals surface area contributed by atoms with Crippen molar-refractivity contribution < 1.29 is 23.4 Å². The Hall–Kier alpha value is -2.58. The summed E-state index contributed by atoms with van der Waals surface area (Å²) in [4.78, 5) is 15.5. The van der Waals surface area contributed by atoms with Crippen molar-refractivity contribution in [3.05, 3.63) is 53.7 Å². The monoisotopic (exact) mass is 323 g/mol. The minimum atomic E-state index is -1.04. The Morgan fingerprint density at radius 3 is 2.83 bits per heavy atom. The molecule has 0 saturated heterocycles. The van der Waals surface area contributed by atoms with Crippen molar-refractivity contribution in [2.24, 2.45) is 5.73 Å². The number of halogens is 2. The van der Waals surface area contributed by atoms with Gasteiger partial charge in [0.1, 0.15) is 11.8 Å². The summed E-state index contributed by atoms with van der Waals surface area (Å²) in [6.45, 7) is -0.420. The van der Waals surface area contributed by atoms with E-state index in [9.17, 15) is 13.6 Å². The Balaban J connectivity index is 2.11. The molecule has 0 fully saturated rings. The third-order valence-corrected chi connectivity index (χ3v) is 2.94. The Morgan fingerprint density at radius 1 is 1.35 bits per heavy atom. The second kappa shape index (κ2) is 7.61. The molecule has 1 unspecified atom stereocenters. The number of aromatic nitrogens is 1. The molecule has 8 heteroatoms. The van der Waals surface area contributed by atoms with Gasteiger partial charge in [-0.1, -0.05) is 6.07 Å². The lowest BCUT2D eigenvalue weighted by Gasteiger charge is -2.12. The second-order valence-electron chi connectivity index (χ2n) is 4.65. The van der Waals surface area contributed by atoms with Crippen molar-refractivity contribution >= 4 is 5.91 Å². The summed E-state index contributed by atoms with van der Waals surface area (Å²) in [5.41, 5.74) is 5.90. The number of amides is 1. The van der Waals surface area contributed by atoms with Crippen LogP contribution in [0, 0.1) is 11.6 Å². The van der Waals surface area contributed by atoms with Gasteiger partial charge in [-0.15, -0.1) is 0 Å². The van der Waals surface area contributed by atoms with E-state index < -0.39 is 30.2 Å². The third-order valence-electron chi connectivity index (χ3n) is 2.94. The topological polar surface area (TPSA) is 97.5 Å². The molecule has 1 heterocycles. The Morgan fingerprint density at radius 2 is 2.13 bits per heavy atom. The highest BCUT2D eigenvalue weighted by atomic mass is 19.2. The molecule has 0 radical (unpaired) electrons. The number of aliphatic hydroxyl groups excluding tert-OH is 1. The lowest BCUT2D eigenvalue weighted by molar-refractivity contribution is -0.123. The molecule has 122 valence electrons. The van der Waals surface area contributed by atoms with Crippen LogP contribution < -0.4 is 15.8 Å². The number of pyridine rings is 1. The summed E-state index contributed by atoms with van der Waals surface area (Å²) in [5.74, 6) is -2.35. The number of benzene rings is 1. The predicted octanol–water partition coefficient (Wildman–Crippen LogP) is 1.09. The molecular weight excluding hydrogens is 308 g/mol. The molecule has 1 aromatic carbocycles. The van der Waals surface area contributed by atoms with E-state index in [2.05, 4.69) is 10.3 Å². The predicted molar refractivity (Wildman–Crippen MR) is 77.6 cm³/mol. The van der Waals surface area contributed by atoms with Crippen molar-refractivity contribution in [3.8, 4) is 11.6 Å². The molecule has 0 saturated carbocycles. The van der Waals surface area contributed by atoms with Gasteiger partial charge in [-0.25, -0.2) is 13.8 Å². The van der Waals surface area contributed by atoms with Crippen LogP contribution in [0.5, 0.6) is 11.6 Å². The van der Waals surface area contributed by atoms with Gasteiger partial charge in [0.05, 0.1) is 6.61 Å². The van der Waals surface area contributed by atoms with E-state index in [0.717, 1.165) is 12.1 Å². The number of nitrogens with zero attached hydrogens (tertiary/aromatic N) is 1. The number of ether oxygens (including phenoxy) is 1. The molecule has 0 bridgehead atoms. The van der Waals surface area contributed by atoms with E-state index in [4.69, 9.17) is 15.6 Å². The number of hydrogen-bond donors (Lipinski definition) is 3. The van der Waals surface area contributed by atoms with E-state index in [1.165, 1.54) is 12.3 Å². The third kappa shape index (κ3) is 4.44. The Kier molecular flexibility index (Phi) is 5.56. The van der Waals surface area contributed by atoms with Gasteiger partial charge in [0.2, 0.25) is 11.8 Å². The maximum atomic E-state index is 13.2. The summed E-state index contributed by atoms with van der Waals surface area (Å²) < 4.78 is 31.5. The van der Waals surface area contributed by atoms with Crippen molar-refractivity contribution in [2.75, 3.05) is 6.61 Å². The minimum Gasteiger partial charge on any atom is -0.439 e. The first-order valence-corrected chi connectivity index (χ1v) is 6.72. The van der Waals surface area contributed by atoms with Gasteiger partial charge in [0.15, 0.2) is 11.6 Å². The Labute approximate surface area is 130 Å². The number of hydrogen-bond acceptors (Lipinski definition) is 5. The van der Waals surface area contributed by atoms with Crippen molar-refractivity contribution in [3.63, 3.8) is 0 Å². The summed E-state index contributed by atoms with van der Waals surface area (Å²) in [5, 5.41) is 11.3. The number of rotatable bonds is 6. The highest BCUT2D eigenvalue weighted by Crippen LogP contribution is 2.24. The first-order valence-electron chi connectivity index (χ1n) is 6.72. The van der Waals surface area contributed by atoms with Crippen LogP contribution in [-0.2, 0) is 11.3 Å². The van der Waals surface area contributed by atoms with E-state index in [-0.39, 0.29) is 18.2 Å². The van der Waals surface area contributed by atoms with Crippen molar-refractivity contribution in [1.29, 1.82) is 0 Å². The minimum absolute atomic E-state index is 0.0549. The first-order chi connectivity index (χ1) is 11.0. The zero-order valence-electron chi connectivity index (χ0n) is 12.0. The molecule has 23 heavy (non-hydrogen) atoms. The molecule has 0 spiro atoms. The van der Waals surface area contributed by atoms with Crippen LogP contribution in [0.3, 0.4) is 0 Å². The average Bonchev–Trinajstić information content (AvgIpc) is 2.56. The van der Waals surface area contributed by atoms with Crippen LogP contribution in [0.4, 0.5) is 8.78 Å². The van der Waals surface area contributed by atoms with Crippen molar-refractivity contribution in [2.45, 2.75) is 12.6 Å². The number of aliphatic hydroxyl groups is 1. The molecule has 4 N–H and O–H groups in total. The SMILES string of the molecule is NC(CO)C(=O)NCc1cccnc1Oc1ccc(F)c(F)c1. The first kappa shape index (κ1) is 16.8. The van der Waals surface area contributed by atoms with Crippen LogP contribution in [0.15, 0.2) is 36.5 Å². The van der Waals surface area contributed by atoms with Crippen LogP contribution in [0.1, 0.15) is 5.56 Å². The molecule has 1 atom stereocenters. The smallest absolute Gasteiger partial charge is 0.239 e. The summed E-state index contributed by atoms with van der Waals surface area (Å²) >= 11 is 0. The zero-order chi connectivity index (χ0) is 16.8. The lowest BCUT2D eigenvalue weighted by atomic mass is 10.2. The summed E-state index contributed by atoms with van der Waals surface area (Å²) in [7, 11) is 0. The van der Waals surface area contributed by atoms with Gasteiger partial charge in [-0.05, 0) is 18.2 Å². The largest absolute Gasteiger partial charge is 0.439 e. The average molecular weight is 323 g/mol. The second-order valence-corrected chi connectivity index (χ2v) is 4.65. The molecular formula is C15H15F2N3O3. The van der Waals surface area contributed by atoms with Crippen LogP contribution in [0.25, 0.3) is 0 Å². The van der Waals surface area contributed by atoms with E-state index in [0.29, 0.717) is 5.56 Å². The lowest BCUT2D eigenvalue weighted by Crippen LogP contribution is -2.42. The fraction of sp³-hybridized carbons (Fsp3) is 0.200. The Bertz CT molecular complexity index is 697. The van der Waals surface area contributed by atoms with Crippen LogP contribution in [0.2, 0.25) is 0 Å². The van der Waals surface area contributed by atoms with Gasteiger partial charge < -0.3 is 20.9 Å². The molecule has 2 rings (SSSR count). The van der Waals surface area contributed by atoms with Gasteiger partial charge in [0, 0.05) is 24.4 Å². The van der Waals surface area contributed by atoms with Crippen LogP contribution >= 0.6 is 0 Å². The summed E-state index contributed by atoms with van der Waals surface area (Å²) in [6, 6.07) is 5.35. The molecule has 1 aromatic heterocycles. The molecule has 0 aliphatic rings. The normalized spacial score (nSPS) is 11.8. The highest BCUT2D eigenvalue weighted by Gasteiger charge is 2.13. The maximum Gasteiger partial charge on any atom is 0.239 e. The van der Waals surface area contributed by atoms with E-state index in [1.807, 2.05) is 0 Å². The molecule has 0 aliphatic carbocycles. The van der Waals surface area contributed by atoms with Gasteiger partial charge in [-0.3, -0.25) is 4.79 Å². The van der Waals surface area contributed by atoms with Gasteiger partial charge in [-0.2, -0.15) is 0 Å². The number of carbonyl (C=O) groups excluding carboxylic acids is 1. The molecule has 6 nitrogen and oxygen atoms in total. The highest BCUT2D eigenvalue weighted by molar-refractivity contribution is 5.81. The van der Waals surface area contributed by atoms with Crippen molar-refractivity contribution in [1.82, 2.24) is 10.3 Å². The molecule has 2 aromatic rings. The summed E-state index contributed by atoms with van der Waals surface area (Å²) in [6.07, 6.45) is 1.46. The standard InChI is InChI=1S/C15H15F2N3O3/c16-11-4-3-10(6-12(11)17)23-15-9(2-1-5-19-15)7-20-14(22)13(18)8-21/h1-6,13,21H,7-8,18H2,(H,20,22). The zero-order valence-corrected chi connectivity index (χ0v) is 12.0. The number of nitrogens with one attached hydrogen (secondary N) is 1. The van der Waals surface area contributed by atoms with E-state index in [1.54, 1.807) is 12.1 Å². The van der Waals surface area contributed by atoms with Gasteiger partial charge in [0.25, 0.3) is 0 Å². The molecule has 0 aliphatic heterocycles. The van der Waals surface area contributed by atoms with Crippen LogP contribution in [-0.4, -0.2) is 28.6 Å². The number of nitrogens with two attached hydrogens (primary N) is 1.